The van der Waals surface area contributed by atoms with Gasteiger partial charge in [-0.2, -0.15) is 0 Å². The zero-order valence-corrected chi connectivity index (χ0v) is 8.06. The maximum Gasteiger partial charge on any atom is 0.152 e. The lowest BCUT2D eigenvalue weighted by molar-refractivity contribution is 0.0281. The second kappa shape index (κ2) is 4.20. The summed E-state index contributed by atoms with van der Waals surface area (Å²) in [5, 5.41) is 3.05. The lowest BCUT2D eigenvalue weighted by Gasteiger charge is -2.26. The molecule has 0 amide bonds. The van der Waals surface area contributed by atoms with E-state index in [0.717, 1.165) is 13.1 Å². The third-order valence-corrected chi connectivity index (χ3v) is 3.60. The molecular weight excluding hydrogens is 178 g/mol. The number of rotatable bonds is 5. The van der Waals surface area contributed by atoms with E-state index in [4.69, 9.17) is 4.74 Å². The van der Waals surface area contributed by atoms with E-state index in [1.54, 1.807) is 6.92 Å². The van der Waals surface area contributed by atoms with Crippen LogP contribution in [-0.2, 0) is 14.6 Å². The van der Waals surface area contributed by atoms with E-state index in [9.17, 15) is 8.42 Å². The number of nitrogens with one attached hydrogen (secondary N) is 1. The summed E-state index contributed by atoms with van der Waals surface area (Å²) in [7, 11) is -2.84. The third kappa shape index (κ3) is 3.08. The van der Waals surface area contributed by atoms with Crippen molar-refractivity contribution < 1.29 is 13.2 Å². The van der Waals surface area contributed by atoms with Crippen LogP contribution in [0.3, 0.4) is 0 Å². The van der Waals surface area contributed by atoms with Crippen LogP contribution >= 0.6 is 0 Å². The second-order valence-electron chi connectivity index (χ2n) is 2.89. The van der Waals surface area contributed by atoms with E-state index in [-0.39, 0.29) is 17.6 Å². The molecule has 0 bridgehead atoms. The Morgan fingerprint density at radius 3 is 2.58 bits per heavy atom. The Hall–Kier alpha value is -0.130. The molecule has 0 aromatic heterocycles. The minimum absolute atomic E-state index is 0.153. The van der Waals surface area contributed by atoms with Crippen molar-refractivity contribution >= 4 is 9.84 Å². The minimum Gasteiger partial charge on any atom is -0.375 e. The first kappa shape index (κ1) is 9.95. The Balaban J connectivity index is 2.08. The largest absolute Gasteiger partial charge is 0.375 e. The Bertz CT molecular complexity index is 221. The molecule has 1 heterocycles. The van der Waals surface area contributed by atoms with Crippen molar-refractivity contribution in [2.45, 2.75) is 13.0 Å². The molecule has 4 nitrogen and oxygen atoms in total. The van der Waals surface area contributed by atoms with Gasteiger partial charge in [-0.05, 0) is 0 Å². The molecule has 72 valence electrons. The summed E-state index contributed by atoms with van der Waals surface area (Å²) >= 11 is 0. The van der Waals surface area contributed by atoms with E-state index >= 15 is 0 Å². The number of sulfone groups is 1. The summed E-state index contributed by atoms with van der Waals surface area (Å²) in [5.41, 5.74) is 0. The molecule has 1 aliphatic rings. The van der Waals surface area contributed by atoms with Gasteiger partial charge in [0.05, 0.1) is 18.5 Å². The first-order valence-electron chi connectivity index (χ1n) is 4.17. The molecule has 0 saturated carbocycles. The van der Waals surface area contributed by atoms with E-state index in [0.29, 0.717) is 6.61 Å². The van der Waals surface area contributed by atoms with Gasteiger partial charge in [-0.25, -0.2) is 8.42 Å². The molecule has 1 aliphatic heterocycles. The van der Waals surface area contributed by atoms with Crippen LogP contribution in [0, 0.1) is 0 Å². The average Bonchev–Trinajstić information content (AvgIpc) is 1.95. The van der Waals surface area contributed by atoms with Crippen LogP contribution in [0.1, 0.15) is 6.92 Å². The Labute approximate surface area is 73.2 Å². The average molecular weight is 193 g/mol. The van der Waals surface area contributed by atoms with Gasteiger partial charge in [-0.15, -0.1) is 0 Å². The molecule has 0 atom stereocenters. The smallest absolute Gasteiger partial charge is 0.152 e. The highest BCUT2D eigenvalue weighted by molar-refractivity contribution is 7.91. The molecule has 1 rings (SSSR count). The zero-order valence-electron chi connectivity index (χ0n) is 7.25. The lowest BCUT2D eigenvalue weighted by atomic mass is 10.2. The fraction of sp³-hybridized carbons (Fsp3) is 1.00. The molecule has 1 fully saturated rings. The number of hydrogen-bond donors (Lipinski definition) is 1. The fourth-order valence-corrected chi connectivity index (χ4v) is 1.50. The van der Waals surface area contributed by atoms with Gasteiger partial charge in [0, 0.05) is 18.8 Å². The summed E-state index contributed by atoms with van der Waals surface area (Å²) in [5.74, 6) is 0.360. The SMILES string of the molecule is CCS(=O)(=O)CCOC1CNC1. The molecule has 1 saturated heterocycles. The lowest BCUT2D eigenvalue weighted by Crippen LogP contribution is -2.48. The van der Waals surface area contributed by atoms with Gasteiger partial charge in [0.25, 0.3) is 0 Å². The predicted molar refractivity (Wildman–Crippen MR) is 46.9 cm³/mol. The third-order valence-electron chi connectivity index (χ3n) is 1.93. The molecule has 0 aliphatic carbocycles. The van der Waals surface area contributed by atoms with Crippen molar-refractivity contribution in [1.29, 1.82) is 0 Å². The molecule has 0 unspecified atom stereocenters. The standard InChI is InChI=1S/C7H15NO3S/c1-2-12(9,10)4-3-11-7-5-8-6-7/h7-8H,2-6H2,1H3. The molecule has 0 aromatic rings. The fourth-order valence-electron chi connectivity index (χ4n) is 0.866. The molecular formula is C7H15NO3S. The van der Waals surface area contributed by atoms with Crippen molar-refractivity contribution in [3.05, 3.63) is 0 Å². The van der Waals surface area contributed by atoms with Gasteiger partial charge in [0.15, 0.2) is 9.84 Å². The predicted octanol–water partition coefficient (Wildman–Crippen LogP) is -0.590. The molecule has 1 N–H and O–H groups in total. The highest BCUT2D eigenvalue weighted by Gasteiger charge is 2.17. The first-order valence-corrected chi connectivity index (χ1v) is 5.99. The van der Waals surface area contributed by atoms with Gasteiger partial charge >= 0.3 is 0 Å². The molecule has 5 heteroatoms. The van der Waals surface area contributed by atoms with Gasteiger partial charge in [0.2, 0.25) is 0 Å². The van der Waals surface area contributed by atoms with Crippen molar-refractivity contribution in [2.24, 2.45) is 0 Å². The van der Waals surface area contributed by atoms with E-state index in [1.165, 1.54) is 0 Å². The minimum atomic E-state index is -2.84. The highest BCUT2D eigenvalue weighted by Crippen LogP contribution is 1.98. The van der Waals surface area contributed by atoms with Crippen LogP contribution < -0.4 is 5.32 Å². The van der Waals surface area contributed by atoms with Gasteiger partial charge in [-0.3, -0.25) is 0 Å². The number of ether oxygens (including phenoxy) is 1. The maximum atomic E-state index is 11.0. The van der Waals surface area contributed by atoms with Crippen LogP contribution in [0.4, 0.5) is 0 Å². The normalized spacial score (nSPS) is 19.1. The number of hydrogen-bond acceptors (Lipinski definition) is 4. The topological polar surface area (TPSA) is 55.4 Å². The van der Waals surface area contributed by atoms with Crippen LogP contribution in [0.5, 0.6) is 0 Å². The van der Waals surface area contributed by atoms with Gasteiger partial charge < -0.3 is 10.1 Å². The quantitative estimate of drug-likeness (QED) is 0.634. The highest BCUT2D eigenvalue weighted by atomic mass is 32.2. The summed E-state index contributed by atoms with van der Waals surface area (Å²) in [4.78, 5) is 0. The zero-order chi connectivity index (χ0) is 9.03. The van der Waals surface area contributed by atoms with Crippen molar-refractivity contribution in [2.75, 3.05) is 31.2 Å². The van der Waals surface area contributed by atoms with E-state index in [1.807, 2.05) is 0 Å². The van der Waals surface area contributed by atoms with E-state index in [2.05, 4.69) is 5.32 Å². The Morgan fingerprint density at radius 2 is 2.17 bits per heavy atom. The van der Waals surface area contributed by atoms with Crippen LogP contribution in [0.15, 0.2) is 0 Å². The monoisotopic (exact) mass is 193 g/mol. The second-order valence-corrected chi connectivity index (χ2v) is 5.36. The summed E-state index contributed by atoms with van der Waals surface area (Å²) in [6.07, 6.45) is 0.233. The van der Waals surface area contributed by atoms with Crippen molar-refractivity contribution in [3.8, 4) is 0 Å². The van der Waals surface area contributed by atoms with Gasteiger partial charge in [0.1, 0.15) is 0 Å². The molecule has 0 aromatic carbocycles. The summed E-state index contributed by atoms with van der Waals surface area (Å²) < 4.78 is 27.3. The maximum absolute atomic E-state index is 11.0. The van der Waals surface area contributed by atoms with Crippen LogP contribution in [0.25, 0.3) is 0 Å². The molecule has 0 radical (unpaired) electrons. The first-order chi connectivity index (χ1) is 5.64. The van der Waals surface area contributed by atoms with Crippen molar-refractivity contribution in [3.63, 3.8) is 0 Å². The summed E-state index contributed by atoms with van der Waals surface area (Å²) in [6.45, 7) is 3.70. The van der Waals surface area contributed by atoms with Gasteiger partial charge in [-0.1, -0.05) is 6.92 Å². The Kier molecular flexibility index (Phi) is 3.49. The van der Waals surface area contributed by atoms with Crippen molar-refractivity contribution in [1.82, 2.24) is 5.32 Å². The van der Waals surface area contributed by atoms with E-state index < -0.39 is 9.84 Å². The van der Waals surface area contributed by atoms with Crippen LogP contribution in [0.2, 0.25) is 0 Å². The van der Waals surface area contributed by atoms with Crippen LogP contribution in [-0.4, -0.2) is 45.7 Å². The summed E-state index contributed by atoms with van der Waals surface area (Å²) in [6, 6.07) is 0. The molecule has 12 heavy (non-hydrogen) atoms. The Morgan fingerprint density at radius 1 is 1.50 bits per heavy atom. The molecule has 0 spiro atoms.